The van der Waals surface area contributed by atoms with Crippen molar-refractivity contribution in [3.05, 3.63) is 89.3 Å². The molecule has 0 aliphatic rings. The lowest BCUT2D eigenvalue weighted by atomic mass is 10.0. The number of pyridine rings is 1. The summed E-state index contributed by atoms with van der Waals surface area (Å²) in [5.74, 6) is -1.06. The van der Waals surface area contributed by atoms with E-state index in [-0.39, 0.29) is 17.6 Å². The molecule has 1 amide bonds. The van der Waals surface area contributed by atoms with Crippen molar-refractivity contribution in [1.29, 1.82) is 0 Å². The van der Waals surface area contributed by atoms with Crippen molar-refractivity contribution >= 4 is 22.8 Å². The minimum absolute atomic E-state index is 0.0177. The molecule has 0 unspecified atom stereocenters. The maximum absolute atomic E-state index is 13.2. The number of alkyl halides is 6. The Morgan fingerprint density at radius 1 is 0.842 bits per heavy atom. The van der Waals surface area contributed by atoms with Crippen LogP contribution < -0.4 is 5.32 Å². The van der Waals surface area contributed by atoms with Gasteiger partial charge in [0.2, 0.25) is 5.89 Å². The molecule has 0 atom stereocenters. The van der Waals surface area contributed by atoms with Gasteiger partial charge in [0.1, 0.15) is 5.76 Å². The number of amides is 1. The fourth-order valence-electron chi connectivity index (χ4n) is 3.73. The van der Waals surface area contributed by atoms with Gasteiger partial charge in [-0.3, -0.25) is 4.79 Å². The van der Waals surface area contributed by atoms with Crippen LogP contribution >= 0.6 is 0 Å². The first-order valence-electron chi connectivity index (χ1n) is 10.9. The number of benzene rings is 2. The van der Waals surface area contributed by atoms with Crippen LogP contribution in [0.25, 0.3) is 34.0 Å². The zero-order valence-electron chi connectivity index (χ0n) is 19.2. The maximum Gasteiger partial charge on any atom is 0.416 e. The first-order chi connectivity index (χ1) is 17.9. The minimum Gasteiger partial charge on any atom is -0.451 e. The van der Waals surface area contributed by atoms with Gasteiger partial charge in [-0.2, -0.15) is 31.3 Å². The zero-order chi connectivity index (χ0) is 27.2. The Morgan fingerprint density at radius 2 is 1.55 bits per heavy atom. The number of aromatic nitrogens is 2. The first-order valence-corrected chi connectivity index (χ1v) is 10.9. The largest absolute Gasteiger partial charge is 0.451 e. The van der Waals surface area contributed by atoms with Crippen LogP contribution in [0.15, 0.2) is 75.7 Å². The van der Waals surface area contributed by atoms with Crippen LogP contribution in [-0.4, -0.2) is 15.9 Å². The summed E-state index contributed by atoms with van der Waals surface area (Å²) in [5.41, 5.74) is -0.854. The molecular weight excluding hydrogens is 516 g/mol. The normalized spacial score (nSPS) is 12.2. The molecule has 0 bridgehead atoms. The predicted octanol–water partition coefficient (Wildman–Crippen LogP) is 7.75. The highest BCUT2D eigenvalue weighted by atomic mass is 19.4. The summed E-state index contributed by atoms with van der Waals surface area (Å²) in [6.45, 7) is 1.72. The van der Waals surface area contributed by atoms with Crippen molar-refractivity contribution in [3.63, 3.8) is 0 Å². The van der Waals surface area contributed by atoms with Crippen molar-refractivity contribution in [3.8, 4) is 22.8 Å². The van der Waals surface area contributed by atoms with Crippen LogP contribution in [0, 0.1) is 6.92 Å². The summed E-state index contributed by atoms with van der Waals surface area (Å²) >= 11 is 0. The van der Waals surface area contributed by atoms with E-state index in [0.29, 0.717) is 46.1 Å². The summed E-state index contributed by atoms with van der Waals surface area (Å²) in [5, 5.41) is 2.61. The summed E-state index contributed by atoms with van der Waals surface area (Å²) in [6, 6.07) is 11.8. The smallest absolute Gasteiger partial charge is 0.416 e. The van der Waals surface area contributed by atoms with Crippen LogP contribution in [0.5, 0.6) is 0 Å². The third-order valence-electron chi connectivity index (χ3n) is 5.59. The van der Waals surface area contributed by atoms with Gasteiger partial charge < -0.3 is 14.2 Å². The van der Waals surface area contributed by atoms with Crippen LogP contribution in [-0.2, 0) is 12.4 Å². The molecule has 0 spiro atoms. The van der Waals surface area contributed by atoms with Gasteiger partial charge in [0.25, 0.3) is 5.91 Å². The van der Waals surface area contributed by atoms with Gasteiger partial charge in [0.15, 0.2) is 17.0 Å². The van der Waals surface area contributed by atoms with Crippen LogP contribution in [0.4, 0.5) is 32.0 Å². The van der Waals surface area contributed by atoms with Gasteiger partial charge in [0.05, 0.1) is 11.1 Å². The van der Waals surface area contributed by atoms with Crippen LogP contribution in [0.3, 0.4) is 0 Å². The van der Waals surface area contributed by atoms with E-state index in [1.54, 1.807) is 43.5 Å². The molecule has 0 radical (unpaired) electrons. The number of rotatable bonds is 4. The van der Waals surface area contributed by atoms with Gasteiger partial charge in [0, 0.05) is 23.0 Å². The zero-order valence-corrected chi connectivity index (χ0v) is 19.2. The topological polar surface area (TPSA) is 81.2 Å². The molecule has 12 heteroatoms. The molecule has 0 fully saturated rings. The van der Waals surface area contributed by atoms with Gasteiger partial charge in [-0.25, -0.2) is 4.98 Å². The Labute approximate surface area is 209 Å². The van der Waals surface area contributed by atoms with Crippen molar-refractivity contribution < 1.29 is 40.0 Å². The monoisotopic (exact) mass is 531 g/mol. The molecule has 6 nitrogen and oxygen atoms in total. The fraction of sp³-hybridized carbons (Fsp3) is 0.115. The highest BCUT2D eigenvalue weighted by Crippen LogP contribution is 2.39. The van der Waals surface area contributed by atoms with Gasteiger partial charge in [-0.15, -0.1) is 0 Å². The molecule has 0 saturated heterocycles. The number of nitrogens with one attached hydrogen (secondary N) is 1. The highest BCUT2D eigenvalue weighted by molar-refractivity contribution is 6.03. The summed E-state index contributed by atoms with van der Waals surface area (Å²) in [4.78, 5) is 21.2. The summed E-state index contributed by atoms with van der Waals surface area (Å²) < 4.78 is 90.1. The van der Waals surface area contributed by atoms with Gasteiger partial charge in [-0.1, -0.05) is 0 Å². The summed E-state index contributed by atoms with van der Waals surface area (Å²) in [7, 11) is 0. The molecule has 38 heavy (non-hydrogen) atoms. The average molecular weight is 531 g/mol. The number of anilines is 1. The number of carbonyl (C=O) groups is 1. The third kappa shape index (κ3) is 4.97. The molecule has 1 N–H and O–H groups in total. The van der Waals surface area contributed by atoms with Crippen molar-refractivity contribution in [2.45, 2.75) is 19.3 Å². The molecule has 3 heterocycles. The number of aryl methyl sites for hydroxylation is 1. The highest BCUT2D eigenvalue weighted by Gasteiger charge is 2.37. The number of oxazole rings is 1. The maximum atomic E-state index is 13.2. The van der Waals surface area contributed by atoms with E-state index < -0.39 is 35.0 Å². The average Bonchev–Trinajstić information content (AvgIpc) is 3.52. The minimum atomic E-state index is -5.01. The lowest BCUT2D eigenvalue weighted by molar-refractivity contribution is -0.143. The van der Waals surface area contributed by atoms with Crippen LogP contribution in [0.2, 0.25) is 0 Å². The Kier molecular flexibility index (Phi) is 5.97. The number of nitrogens with zero attached hydrogens (tertiary/aromatic N) is 2. The predicted molar refractivity (Wildman–Crippen MR) is 124 cm³/mol. The Morgan fingerprint density at radius 3 is 2.18 bits per heavy atom. The fourth-order valence-corrected chi connectivity index (χ4v) is 3.73. The van der Waals surface area contributed by atoms with Crippen molar-refractivity contribution in [1.82, 2.24) is 9.97 Å². The molecule has 0 saturated carbocycles. The van der Waals surface area contributed by atoms with E-state index in [1.807, 2.05) is 0 Å². The van der Waals surface area contributed by atoms with Crippen LogP contribution in [0.1, 0.15) is 27.2 Å². The van der Waals surface area contributed by atoms with E-state index in [9.17, 15) is 31.1 Å². The molecule has 2 aromatic carbocycles. The molecule has 194 valence electrons. The number of furan rings is 1. The number of fused-ring (bicyclic) bond motifs is 1. The molecule has 0 aliphatic heterocycles. The summed E-state index contributed by atoms with van der Waals surface area (Å²) in [6.07, 6.45) is -8.44. The third-order valence-corrected chi connectivity index (χ3v) is 5.59. The molecule has 0 aliphatic carbocycles. The number of halogens is 6. The molecular formula is C26H15F6N3O3. The van der Waals surface area contributed by atoms with E-state index in [4.69, 9.17) is 8.83 Å². The quantitative estimate of drug-likeness (QED) is 0.240. The lowest BCUT2D eigenvalue weighted by Gasteiger charge is -2.13. The van der Waals surface area contributed by atoms with E-state index in [1.165, 1.54) is 0 Å². The van der Waals surface area contributed by atoms with Crippen molar-refractivity contribution in [2.24, 2.45) is 0 Å². The second-order valence-electron chi connectivity index (χ2n) is 8.29. The number of hydrogen-bond donors (Lipinski definition) is 1. The molecule has 5 aromatic rings. The first kappa shape index (κ1) is 25.1. The molecule has 3 aromatic heterocycles. The Hall–Kier alpha value is -4.61. The SMILES string of the molecule is Cc1cc(-c2nc3ncccc3o2)ccc1NC(=O)c1ccc(-c2cc(C(F)(F)F)cc(C(F)(F)F)c2)o1. The van der Waals surface area contributed by atoms with E-state index >= 15 is 0 Å². The number of carbonyl (C=O) groups excluding carboxylic acids is 1. The number of hydrogen-bond acceptors (Lipinski definition) is 5. The standard InChI is InChI=1S/C26H15F6N3O3/c1-13-9-14(24-35-22-20(38-24)3-2-8-33-22)4-5-18(13)34-23(36)21-7-6-19(37-21)15-10-16(25(27,28)29)12-17(11-15)26(30,31)32/h2-12H,1H3,(H,34,36). The second-order valence-corrected chi connectivity index (χ2v) is 8.29. The molecule has 5 rings (SSSR count). The second kappa shape index (κ2) is 9.05. The van der Waals surface area contributed by atoms with E-state index in [2.05, 4.69) is 15.3 Å². The van der Waals surface area contributed by atoms with Crippen molar-refractivity contribution in [2.75, 3.05) is 5.32 Å². The Balaban J connectivity index is 1.38. The Bertz CT molecular complexity index is 1600. The van der Waals surface area contributed by atoms with Gasteiger partial charge in [-0.05, 0) is 73.2 Å². The van der Waals surface area contributed by atoms with E-state index in [0.717, 1.165) is 12.1 Å². The van der Waals surface area contributed by atoms with Gasteiger partial charge >= 0.3 is 12.4 Å². The lowest BCUT2D eigenvalue weighted by Crippen LogP contribution is -2.12.